The number of furan rings is 1. The van der Waals surface area contributed by atoms with Crippen LogP contribution in [0.15, 0.2) is 35.1 Å². The van der Waals surface area contributed by atoms with Crippen molar-refractivity contribution in [3.8, 4) is 0 Å². The highest BCUT2D eigenvalue weighted by Gasteiger charge is 2.27. The van der Waals surface area contributed by atoms with E-state index in [9.17, 15) is 14.7 Å². The van der Waals surface area contributed by atoms with E-state index in [1.165, 1.54) is 13.4 Å². The molecule has 0 aliphatic carbocycles. The Morgan fingerprint density at radius 1 is 1.32 bits per heavy atom. The van der Waals surface area contributed by atoms with Crippen molar-refractivity contribution in [3.05, 3.63) is 42.1 Å². The maximum Gasteiger partial charge on any atom is 0.356 e. The first kappa shape index (κ1) is 22.4. The van der Waals surface area contributed by atoms with Gasteiger partial charge in [-0.2, -0.15) is 0 Å². The number of esters is 1. The highest BCUT2D eigenvalue weighted by atomic mass is 16.5. The van der Waals surface area contributed by atoms with Crippen LogP contribution in [0.25, 0.3) is 11.0 Å². The number of aromatic nitrogens is 2. The fourth-order valence-electron chi connectivity index (χ4n) is 3.26. The van der Waals surface area contributed by atoms with Crippen molar-refractivity contribution in [2.45, 2.75) is 39.8 Å². The monoisotopic (exact) mass is 428 g/mol. The van der Waals surface area contributed by atoms with Gasteiger partial charge in [0.05, 0.1) is 37.6 Å². The summed E-state index contributed by atoms with van der Waals surface area (Å²) in [4.78, 5) is 30.0. The Hall–Kier alpha value is -3.33. The van der Waals surface area contributed by atoms with Crippen LogP contribution in [0.1, 0.15) is 48.2 Å². The quantitative estimate of drug-likeness (QED) is 0.446. The number of nitrogens with one attached hydrogen (secondary N) is 2. The second-order valence-corrected chi connectivity index (χ2v) is 7.80. The average Bonchev–Trinajstić information content (AvgIpc) is 3.38. The van der Waals surface area contributed by atoms with Gasteiger partial charge in [0.15, 0.2) is 11.5 Å². The van der Waals surface area contributed by atoms with Crippen molar-refractivity contribution < 1.29 is 23.8 Å². The lowest BCUT2D eigenvalue weighted by atomic mass is 10.1. The molecule has 0 aromatic carbocycles. The van der Waals surface area contributed by atoms with Crippen molar-refractivity contribution in [2.75, 3.05) is 24.4 Å². The Bertz CT molecular complexity index is 1060. The second kappa shape index (κ2) is 9.65. The molecule has 1 unspecified atom stereocenters. The van der Waals surface area contributed by atoms with Crippen LogP contribution >= 0.6 is 0 Å². The van der Waals surface area contributed by atoms with Crippen molar-refractivity contribution in [3.63, 3.8) is 0 Å². The number of pyridine rings is 1. The smallest absolute Gasteiger partial charge is 0.356 e. The van der Waals surface area contributed by atoms with E-state index < -0.39 is 11.9 Å². The lowest BCUT2D eigenvalue weighted by Gasteiger charge is -2.12. The summed E-state index contributed by atoms with van der Waals surface area (Å²) in [5.74, 6) is -0.541. The van der Waals surface area contributed by atoms with Crippen molar-refractivity contribution in [1.29, 1.82) is 0 Å². The summed E-state index contributed by atoms with van der Waals surface area (Å²) in [6, 6.07) is 4.76. The molecule has 0 saturated heterocycles. The van der Waals surface area contributed by atoms with Gasteiger partial charge in [0.1, 0.15) is 5.65 Å². The zero-order valence-electron chi connectivity index (χ0n) is 18.1. The van der Waals surface area contributed by atoms with Crippen LogP contribution in [0, 0.1) is 5.92 Å². The van der Waals surface area contributed by atoms with Crippen molar-refractivity contribution >= 4 is 34.3 Å². The number of rotatable bonds is 9. The third kappa shape index (κ3) is 4.88. The molecule has 3 aromatic rings. The maximum atomic E-state index is 12.8. The lowest BCUT2D eigenvalue weighted by molar-refractivity contribution is 0.0589. The Morgan fingerprint density at radius 3 is 2.71 bits per heavy atom. The summed E-state index contributed by atoms with van der Waals surface area (Å²) >= 11 is 0. The lowest BCUT2D eigenvalue weighted by Crippen LogP contribution is -2.19. The standard InChI is InChI=1S/C22H28N4O5/c1-13(2)7-8-26-19(22(29)30-4)18(25-21(28)17-6-5-9-31-17)16-10-15(11-23-20(16)26)24-14(3)12-27/h5-6,9-11,13-14,24,27H,7-8,12H2,1-4H3,(H,25,28). The number of hydrogen-bond donors (Lipinski definition) is 3. The number of carbonyl (C=O) groups is 2. The van der Waals surface area contributed by atoms with E-state index in [0.717, 1.165) is 6.42 Å². The first-order chi connectivity index (χ1) is 14.8. The third-order valence-electron chi connectivity index (χ3n) is 4.88. The Labute approximate surface area is 180 Å². The Balaban J connectivity index is 2.17. The predicted octanol–water partition coefficient (Wildman–Crippen LogP) is 3.51. The van der Waals surface area contributed by atoms with Gasteiger partial charge in [-0.25, -0.2) is 9.78 Å². The van der Waals surface area contributed by atoms with E-state index >= 15 is 0 Å². The maximum absolute atomic E-state index is 12.8. The van der Waals surface area contributed by atoms with Gasteiger partial charge in [0, 0.05) is 18.0 Å². The average molecular weight is 428 g/mol. The molecule has 166 valence electrons. The number of aliphatic hydroxyl groups is 1. The third-order valence-corrected chi connectivity index (χ3v) is 4.88. The Kier molecular flexibility index (Phi) is 6.96. The molecule has 0 saturated carbocycles. The molecule has 31 heavy (non-hydrogen) atoms. The molecule has 0 aliphatic heterocycles. The van der Waals surface area contributed by atoms with Gasteiger partial charge < -0.3 is 29.5 Å². The molecule has 3 N–H and O–H groups in total. The topological polar surface area (TPSA) is 119 Å². The van der Waals surface area contributed by atoms with Crippen LogP contribution in [-0.4, -0.2) is 46.3 Å². The molecular weight excluding hydrogens is 400 g/mol. The van der Waals surface area contributed by atoms with Crippen LogP contribution in [0.5, 0.6) is 0 Å². The number of anilines is 2. The van der Waals surface area contributed by atoms with Crippen LogP contribution in [-0.2, 0) is 11.3 Å². The van der Waals surface area contributed by atoms with E-state index in [1.54, 1.807) is 29.0 Å². The van der Waals surface area contributed by atoms with E-state index in [2.05, 4.69) is 29.5 Å². The molecule has 3 rings (SSSR count). The van der Waals surface area contributed by atoms with Gasteiger partial charge in [-0.1, -0.05) is 13.8 Å². The molecule has 9 heteroatoms. The fourth-order valence-corrected chi connectivity index (χ4v) is 3.26. The summed E-state index contributed by atoms with van der Waals surface area (Å²) in [6.45, 7) is 6.49. The molecule has 1 atom stereocenters. The van der Waals surface area contributed by atoms with E-state index in [4.69, 9.17) is 9.15 Å². The number of aryl methyl sites for hydroxylation is 1. The van der Waals surface area contributed by atoms with Crippen LogP contribution in [0.2, 0.25) is 0 Å². The molecule has 0 aliphatic rings. The van der Waals surface area contributed by atoms with Crippen LogP contribution < -0.4 is 10.6 Å². The molecule has 0 radical (unpaired) electrons. The van der Waals surface area contributed by atoms with Crippen LogP contribution in [0.4, 0.5) is 11.4 Å². The minimum atomic E-state index is -0.574. The largest absolute Gasteiger partial charge is 0.464 e. The molecular formula is C22H28N4O5. The molecule has 0 bridgehead atoms. The van der Waals surface area contributed by atoms with Gasteiger partial charge in [-0.3, -0.25) is 4.79 Å². The van der Waals surface area contributed by atoms with Crippen molar-refractivity contribution in [2.24, 2.45) is 5.92 Å². The minimum Gasteiger partial charge on any atom is -0.464 e. The number of aliphatic hydroxyl groups excluding tert-OH is 1. The molecule has 0 fully saturated rings. The molecule has 9 nitrogen and oxygen atoms in total. The van der Waals surface area contributed by atoms with E-state index in [-0.39, 0.29) is 24.1 Å². The second-order valence-electron chi connectivity index (χ2n) is 7.80. The number of amides is 1. The predicted molar refractivity (Wildman–Crippen MR) is 117 cm³/mol. The first-order valence-corrected chi connectivity index (χ1v) is 10.2. The summed E-state index contributed by atoms with van der Waals surface area (Å²) in [7, 11) is 1.30. The summed E-state index contributed by atoms with van der Waals surface area (Å²) in [6.07, 6.45) is 3.85. The summed E-state index contributed by atoms with van der Waals surface area (Å²) in [5.41, 5.74) is 1.73. The molecule has 1 amide bonds. The van der Waals surface area contributed by atoms with Crippen molar-refractivity contribution in [1.82, 2.24) is 9.55 Å². The Morgan fingerprint density at radius 2 is 2.10 bits per heavy atom. The summed E-state index contributed by atoms with van der Waals surface area (Å²) < 4.78 is 12.0. The van der Waals surface area contributed by atoms with Gasteiger partial charge in [0.2, 0.25) is 0 Å². The van der Waals surface area contributed by atoms with Gasteiger partial charge in [0.25, 0.3) is 5.91 Å². The van der Waals surface area contributed by atoms with Gasteiger partial charge >= 0.3 is 5.97 Å². The van der Waals surface area contributed by atoms with E-state index in [1.807, 2.05) is 6.92 Å². The number of ether oxygens (including phenoxy) is 1. The highest BCUT2D eigenvalue weighted by Crippen LogP contribution is 2.33. The number of hydrogen-bond acceptors (Lipinski definition) is 7. The van der Waals surface area contributed by atoms with Gasteiger partial charge in [-0.05, 0) is 37.5 Å². The summed E-state index contributed by atoms with van der Waals surface area (Å²) in [5, 5.41) is 15.9. The zero-order valence-corrected chi connectivity index (χ0v) is 18.1. The normalized spacial score (nSPS) is 12.2. The van der Waals surface area contributed by atoms with E-state index in [0.29, 0.717) is 34.9 Å². The fraction of sp³-hybridized carbons (Fsp3) is 0.409. The minimum absolute atomic E-state index is 0.0526. The zero-order chi connectivity index (χ0) is 22.5. The number of carbonyl (C=O) groups excluding carboxylic acids is 2. The number of nitrogens with zero attached hydrogens (tertiary/aromatic N) is 2. The molecule has 0 spiro atoms. The number of fused-ring (bicyclic) bond motifs is 1. The van der Waals surface area contributed by atoms with Gasteiger partial charge in [-0.15, -0.1) is 0 Å². The highest BCUT2D eigenvalue weighted by molar-refractivity contribution is 6.14. The molecule has 3 aromatic heterocycles. The first-order valence-electron chi connectivity index (χ1n) is 10.2. The van der Waals surface area contributed by atoms with Crippen LogP contribution in [0.3, 0.4) is 0 Å². The number of methoxy groups -OCH3 is 1. The SMILES string of the molecule is COC(=O)c1c(NC(=O)c2ccco2)c2cc(NC(C)CO)cnc2n1CCC(C)C. The molecule has 3 heterocycles.